The van der Waals surface area contributed by atoms with Crippen LogP contribution in [0.5, 0.6) is 0 Å². The zero-order valence-corrected chi connectivity index (χ0v) is 39.9. The second-order valence-electron chi connectivity index (χ2n) is 17.5. The summed E-state index contributed by atoms with van der Waals surface area (Å²) in [4.78, 5) is 40.5. The van der Waals surface area contributed by atoms with Crippen molar-refractivity contribution >= 4 is 70.0 Å². The standard InChI is InChI=1S/C54H62N4O2S2/c1-11-13-15-17-35-19-21-37(41-27-43(55(3)4)33-44(28-41)56(5)6)25-39(35)31-49-52(59)47-23-24-48-51(54(47)62-49)53(60)50(61-48)32-40-26-38(22-20-36(40)18-16-14-12-2)42-29-45(57(7)8)34-46(30-42)58(9)10/h19-34H,11-18H2,1-10H3/b49-31-,50-32+. The summed E-state index contributed by atoms with van der Waals surface area (Å²) in [6.45, 7) is 4.46. The number of allylic oxidation sites excluding steroid dienone is 2. The number of aryl methyl sites for hydroxylation is 2. The SMILES string of the molecule is CCCCCc1ccc(-c2cc(N(C)C)cc(N(C)C)c2)cc1/C=C1\Sc2c(ccc3c2C(=O)/C(=C\c2cc(-c4cc(N(C)C)cc(N(C)C)c4)ccc2CCCCC)S3)C1=O. The highest BCUT2D eigenvalue weighted by Gasteiger charge is 2.37. The Morgan fingerprint density at radius 3 is 1.32 bits per heavy atom. The van der Waals surface area contributed by atoms with Crippen LogP contribution in [0.25, 0.3) is 34.4 Å². The van der Waals surface area contributed by atoms with Crippen molar-refractivity contribution in [3.8, 4) is 22.3 Å². The number of carbonyl (C=O) groups excluding carboxylic acids is 2. The zero-order chi connectivity index (χ0) is 44.2. The number of hydrogen-bond acceptors (Lipinski definition) is 8. The van der Waals surface area contributed by atoms with Crippen LogP contribution in [0, 0.1) is 0 Å². The number of thioether (sulfide) groups is 2. The first-order valence-corrected chi connectivity index (χ1v) is 23.7. The largest absolute Gasteiger partial charge is 0.378 e. The molecule has 2 aliphatic rings. The van der Waals surface area contributed by atoms with Crippen molar-refractivity contribution in [2.24, 2.45) is 0 Å². The molecule has 0 unspecified atom stereocenters. The van der Waals surface area contributed by atoms with Crippen molar-refractivity contribution in [3.63, 3.8) is 0 Å². The van der Waals surface area contributed by atoms with E-state index in [1.165, 1.54) is 34.7 Å². The molecule has 7 rings (SSSR count). The number of hydrogen-bond donors (Lipinski definition) is 0. The van der Waals surface area contributed by atoms with Crippen LogP contribution >= 0.6 is 23.5 Å². The van der Waals surface area contributed by atoms with Gasteiger partial charge in [0.25, 0.3) is 0 Å². The quantitative estimate of drug-likeness (QED) is 0.0718. The van der Waals surface area contributed by atoms with E-state index in [1.54, 1.807) is 0 Å². The van der Waals surface area contributed by atoms with Crippen LogP contribution in [-0.4, -0.2) is 67.9 Å². The lowest BCUT2D eigenvalue weighted by Gasteiger charge is -2.20. The van der Waals surface area contributed by atoms with Gasteiger partial charge >= 0.3 is 0 Å². The number of ketones is 2. The molecule has 0 spiro atoms. The van der Waals surface area contributed by atoms with Gasteiger partial charge in [-0.1, -0.05) is 87.3 Å². The van der Waals surface area contributed by atoms with E-state index in [0.29, 0.717) is 20.9 Å². The van der Waals surface area contributed by atoms with Crippen LogP contribution in [0.4, 0.5) is 22.7 Å². The van der Waals surface area contributed by atoms with Gasteiger partial charge in [-0.15, -0.1) is 0 Å². The van der Waals surface area contributed by atoms with Crippen molar-refractivity contribution in [2.45, 2.75) is 75.0 Å². The lowest BCUT2D eigenvalue weighted by molar-refractivity contribution is 0.104. The summed E-state index contributed by atoms with van der Waals surface area (Å²) in [5, 5.41) is 0. The fourth-order valence-electron chi connectivity index (χ4n) is 8.16. The highest BCUT2D eigenvalue weighted by atomic mass is 32.2. The van der Waals surface area contributed by atoms with Crippen LogP contribution in [-0.2, 0) is 12.8 Å². The van der Waals surface area contributed by atoms with Crippen LogP contribution in [0.2, 0.25) is 0 Å². The Morgan fingerprint density at radius 1 is 0.468 bits per heavy atom. The molecular formula is C54H62N4O2S2. The van der Waals surface area contributed by atoms with Crippen molar-refractivity contribution in [1.82, 2.24) is 0 Å². The molecule has 0 fully saturated rings. The summed E-state index contributed by atoms with van der Waals surface area (Å²) in [7, 11) is 16.6. The van der Waals surface area contributed by atoms with E-state index in [2.05, 4.69) is 175 Å². The molecular weight excluding hydrogens is 801 g/mol. The number of Topliss-reactive ketones (excluding diaryl/α,β-unsaturated/α-hetero) is 2. The first kappa shape index (κ1) is 44.9. The smallest absolute Gasteiger partial charge is 0.202 e. The van der Waals surface area contributed by atoms with Crippen LogP contribution in [0.3, 0.4) is 0 Å². The number of nitrogens with zero attached hydrogens (tertiary/aromatic N) is 4. The molecule has 62 heavy (non-hydrogen) atoms. The highest BCUT2D eigenvalue weighted by Crippen LogP contribution is 2.51. The molecule has 0 radical (unpaired) electrons. The Morgan fingerprint density at radius 2 is 0.903 bits per heavy atom. The Balaban J connectivity index is 1.25. The summed E-state index contributed by atoms with van der Waals surface area (Å²) in [5.41, 5.74) is 14.9. The fraction of sp³-hybridized carbons (Fsp3) is 0.333. The zero-order valence-electron chi connectivity index (χ0n) is 38.3. The van der Waals surface area contributed by atoms with Gasteiger partial charge in [0.15, 0.2) is 0 Å². The molecule has 0 saturated carbocycles. The van der Waals surface area contributed by atoms with E-state index in [4.69, 9.17) is 0 Å². The molecule has 322 valence electrons. The van der Waals surface area contributed by atoms with E-state index in [0.717, 1.165) is 117 Å². The van der Waals surface area contributed by atoms with Gasteiger partial charge in [-0.05, 0) is 143 Å². The minimum atomic E-state index is -0.0135. The van der Waals surface area contributed by atoms with Gasteiger partial charge in [-0.2, -0.15) is 0 Å². The predicted molar refractivity (Wildman–Crippen MR) is 270 cm³/mol. The number of anilines is 4. The van der Waals surface area contributed by atoms with Crippen LogP contribution < -0.4 is 19.6 Å². The molecule has 0 bridgehead atoms. The first-order valence-electron chi connectivity index (χ1n) is 22.1. The Labute approximate surface area is 379 Å². The molecule has 6 nitrogen and oxygen atoms in total. The van der Waals surface area contributed by atoms with Crippen LogP contribution in [0.15, 0.2) is 105 Å². The van der Waals surface area contributed by atoms with Crippen molar-refractivity contribution in [2.75, 3.05) is 76.0 Å². The number of rotatable bonds is 16. The summed E-state index contributed by atoms with van der Waals surface area (Å²) in [6.07, 6.45) is 12.9. The third-order valence-corrected chi connectivity index (χ3v) is 14.2. The van der Waals surface area contributed by atoms with Gasteiger partial charge in [-0.25, -0.2) is 0 Å². The van der Waals surface area contributed by atoms with Crippen molar-refractivity contribution in [3.05, 3.63) is 128 Å². The number of benzene rings is 5. The molecule has 5 aromatic rings. The molecule has 2 heterocycles. The normalized spacial score (nSPS) is 14.5. The highest BCUT2D eigenvalue weighted by molar-refractivity contribution is 8.06. The fourth-order valence-corrected chi connectivity index (χ4v) is 10.5. The van der Waals surface area contributed by atoms with Gasteiger partial charge < -0.3 is 19.6 Å². The summed E-state index contributed by atoms with van der Waals surface area (Å²) >= 11 is 2.99. The predicted octanol–water partition coefficient (Wildman–Crippen LogP) is 13.4. The van der Waals surface area contributed by atoms with E-state index in [9.17, 15) is 9.59 Å². The first-order chi connectivity index (χ1) is 29.8. The molecule has 0 aromatic heterocycles. The lowest BCUT2D eigenvalue weighted by atomic mass is 9.94. The maximum absolute atomic E-state index is 14.6. The number of fused-ring (bicyclic) bond motifs is 3. The molecule has 0 saturated heterocycles. The molecule has 8 heteroatoms. The monoisotopic (exact) mass is 862 g/mol. The molecule has 5 aromatic carbocycles. The van der Waals surface area contributed by atoms with E-state index in [1.807, 2.05) is 12.1 Å². The van der Waals surface area contributed by atoms with E-state index in [-0.39, 0.29) is 11.6 Å². The maximum atomic E-state index is 14.6. The molecule has 0 aliphatic carbocycles. The second-order valence-corrected chi connectivity index (χ2v) is 19.6. The van der Waals surface area contributed by atoms with E-state index >= 15 is 0 Å². The van der Waals surface area contributed by atoms with Gasteiger partial charge in [0, 0.05) is 94.5 Å². The van der Waals surface area contributed by atoms with Gasteiger partial charge in [-0.3, -0.25) is 9.59 Å². The summed E-state index contributed by atoms with van der Waals surface area (Å²) in [6, 6.07) is 30.7. The Kier molecular flexibility index (Phi) is 14.1. The lowest BCUT2D eigenvalue weighted by Crippen LogP contribution is -2.12. The summed E-state index contributed by atoms with van der Waals surface area (Å²) in [5.74, 6) is -0.0158. The minimum Gasteiger partial charge on any atom is -0.378 e. The number of carbonyl (C=O) groups is 2. The van der Waals surface area contributed by atoms with Gasteiger partial charge in [0.1, 0.15) is 0 Å². The van der Waals surface area contributed by atoms with Gasteiger partial charge in [0.05, 0.1) is 15.4 Å². The summed E-state index contributed by atoms with van der Waals surface area (Å²) < 4.78 is 0. The van der Waals surface area contributed by atoms with Crippen molar-refractivity contribution < 1.29 is 9.59 Å². The third-order valence-electron chi connectivity index (χ3n) is 12.0. The third kappa shape index (κ3) is 9.72. The Hall–Kier alpha value is -5.18. The maximum Gasteiger partial charge on any atom is 0.202 e. The molecule has 2 aliphatic heterocycles. The van der Waals surface area contributed by atoms with Crippen LogP contribution in [0.1, 0.15) is 95.3 Å². The van der Waals surface area contributed by atoms with Crippen molar-refractivity contribution in [1.29, 1.82) is 0 Å². The second kappa shape index (κ2) is 19.5. The average Bonchev–Trinajstić information content (AvgIpc) is 3.75. The minimum absolute atomic E-state index is 0.00228. The van der Waals surface area contributed by atoms with Gasteiger partial charge in [0.2, 0.25) is 11.6 Å². The molecule has 0 amide bonds. The Bertz CT molecular complexity index is 2510. The van der Waals surface area contributed by atoms with E-state index < -0.39 is 0 Å². The number of unbranched alkanes of at least 4 members (excludes halogenated alkanes) is 4. The topological polar surface area (TPSA) is 47.1 Å². The average molecular weight is 863 g/mol. The molecule has 0 atom stereocenters. The molecule has 0 N–H and O–H groups in total.